The monoisotopic (exact) mass is 444 g/mol. The molecule has 1 aliphatic rings. The molecule has 1 aliphatic carbocycles. The minimum atomic E-state index is -0.917. The number of aromatic amines is 1. The predicted octanol–water partition coefficient (Wildman–Crippen LogP) is 4.65. The molecular formula is C23H17FN6O3. The van der Waals surface area contributed by atoms with Crippen LogP contribution in [-0.2, 0) is 0 Å². The molecule has 2 atom stereocenters. The van der Waals surface area contributed by atoms with Crippen molar-refractivity contribution in [2.45, 2.75) is 25.4 Å². The number of rotatable bonds is 5. The number of benzene rings is 2. The zero-order valence-electron chi connectivity index (χ0n) is 17.4. The molecule has 2 aromatic carbocycles. The Morgan fingerprint density at radius 3 is 2.88 bits per heavy atom. The highest BCUT2D eigenvalue weighted by molar-refractivity contribution is 6.03. The molecule has 3 aromatic heterocycles. The van der Waals surface area contributed by atoms with Crippen molar-refractivity contribution in [1.29, 1.82) is 0 Å². The zero-order chi connectivity index (χ0) is 22.5. The smallest absolute Gasteiger partial charge is 0.293 e. The molecule has 0 bridgehead atoms. The number of amides is 1. The number of hydrogen-bond donors (Lipinski definition) is 2. The van der Waals surface area contributed by atoms with Gasteiger partial charge in [-0.15, -0.1) is 0 Å². The second-order valence-electron chi connectivity index (χ2n) is 8.00. The molecular weight excluding hydrogens is 427 g/mol. The van der Waals surface area contributed by atoms with E-state index in [0.717, 1.165) is 22.0 Å². The first-order valence-corrected chi connectivity index (χ1v) is 10.3. The molecule has 5 aromatic rings. The van der Waals surface area contributed by atoms with E-state index < -0.39 is 12.1 Å². The number of carbonyl (C=O) groups is 1. The van der Waals surface area contributed by atoms with Crippen LogP contribution in [0.4, 0.5) is 10.1 Å². The molecule has 0 saturated heterocycles. The second-order valence-corrected chi connectivity index (χ2v) is 8.00. The molecule has 9 nitrogen and oxygen atoms in total. The third-order valence-electron chi connectivity index (χ3n) is 5.63. The van der Waals surface area contributed by atoms with Crippen molar-refractivity contribution < 1.29 is 18.1 Å². The lowest BCUT2D eigenvalue weighted by molar-refractivity contribution is 0.0997. The maximum Gasteiger partial charge on any atom is 0.293 e. The summed E-state index contributed by atoms with van der Waals surface area (Å²) in [5.74, 6) is 0.285. The third kappa shape index (κ3) is 3.55. The highest BCUT2D eigenvalue weighted by Crippen LogP contribution is 2.43. The molecule has 0 aliphatic heterocycles. The van der Waals surface area contributed by atoms with Crippen molar-refractivity contribution in [3.8, 4) is 22.8 Å². The maximum absolute atomic E-state index is 13.3. The summed E-state index contributed by atoms with van der Waals surface area (Å²) in [5.41, 5.74) is 3.62. The molecule has 0 radical (unpaired) electrons. The summed E-state index contributed by atoms with van der Waals surface area (Å²) in [4.78, 5) is 21.3. The Morgan fingerprint density at radius 2 is 2.03 bits per heavy atom. The lowest BCUT2D eigenvalue weighted by Crippen LogP contribution is -2.12. The Morgan fingerprint density at radius 1 is 1.18 bits per heavy atom. The van der Waals surface area contributed by atoms with E-state index in [4.69, 9.17) is 8.94 Å². The van der Waals surface area contributed by atoms with Gasteiger partial charge in [-0.2, -0.15) is 10.1 Å². The standard InChI is InChI=1S/C23H17FN6O3/c1-11-2-3-12(20-28-23(33-30-20)15-8-16(15)24)6-17(11)27-21(31)19-10-25-22(32-19)13-4-5-14-9-26-29-18(14)7-13/h2-7,9-10,15-16H,8H2,1H3,(H,26,29)(H,27,31)/t15-,16-/m0/s1. The van der Waals surface area contributed by atoms with Crippen molar-refractivity contribution in [3.05, 3.63) is 66.0 Å². The average molecular weight is 444 g/mol. The van der Waals surface area contributed by atoms with E-state index >= 15 is 0 Å². The predicted molar refractivity (Wildman–Crippen MR) is 116 cm³/mol. The number of hydrogen-bond acceptors (Lipinski definition) is 7. The Hall–Kier alpha value is -4.34. The van der Waals surface area contributed by atoms with Gasteiger partial charge in [-0.05, 0) is 37.1 Å². The van der Waals surface area contributed by atoms with Crippen LogP contribution in [0.1, 0.15) is 34.3 Å². The summed E-state index contributed by atoms with van der Waals surface area (Å²) in [6.07, 6.45) is 2.60. The molecule has 0 unspecified atom stereocenters. The molecule has 1 fully saturated rings. The SMILES string of the molecule is Cc1ccc(-c2noc([C@H]3C[C@@H]3F)n2)cc1NC(=O)c1cnc(-c2ccc3cn[nH]c3c2)o1. The van der Waals surface area contributed by atoms with Gasteiger partial charge in [0.1, 0.15) is 6.17 Å². The second kappa shape index (κ2) is 7.37. The van der Waals surface area contributed by atoms with Crippen molar-refractivity contribution in [2.75, 3.05) is 5.32 Å². The van der Waals surface area contributed by atoms with Crippen LogP contribution in [0.5, 0.6) is 0 Å². The summed E-state index contributed by atoms with van der Waals surface area (Å²) in [6, 6.07) is 11.0. The molecule has 164 valence electrons. The first-order chi connectivity index (χ1) is 16.0. The lowest BCUT2D eigenvalue weighted by atomic mass is 10.1. The highest BCUT2D eigenvalue weighted by atomic mass is 19.1. The van der Waals surface area contributed by atoms with E-state index in [1.807, 2.05) is 37.3 Å². The fraction of sp³-hybridized carbons (Fsp3) is 0.174. The fourth-order valence-electron chi connectivity index (χ4n) is 3.58. The first-order valence-electron chi connectivity index (χ1n) is 10.3. The largest absolute Gasteiger partial charge is 0.431 e. The maximum atomic E-state index is 13.3. The van der Waals surface area contributed by atoms with Crippen LogP contribution in [0.3, 0.4) is 0 Å². The minimum Gasteiger partial charge on any atom is -0.431 e. The summed E-state index contributed by atoms with van der Waals surface area (Å²) >= 11 is 0. The number of anilines is 1. The van der Waals surface area contributed by atoms with E-state index in [1.165, 1.54) is 6.20 Å². The summed E-state index contributed by atoms with van der Waals surface area (Å²) in [5, 5.41) is 14.6. The number of alkyl halides is 1. The molecule has 2 N–H and O–H groups in total. The molecule has 0 spiro atoms. The van der Waals surface area contributed by atoms with Crippen molar-refractivity contribution in [1.82, 2.24) is 25.3 Å². The Kier molecular flexibility index (Phi) is 4.32. The number of oxazole rings is 1. The van der Waals surface area contributed by atoms with Crippen LogP contribution in [0.15, 0.2) is 57.7 Å². The van der Waals surface area contributed by atoms with Gasteiger partial charge in [0.2, 0.25) is 23.4 Å². The van der Waals surface area contributed by atoms with Gasteiger partial charge in [-0.1, -0.05) is 23.4 Å². The molecule has 10 heteroatoms. The number of aryl methyl sites for hydroxylation is 1. The molecule has 1 amide bonds. The number of halogens is 1. The Bertz CT molecular complexity index is 1500. The van der Waals surface area contributed by atoms with Crippen LogP contribution < -0.4 is 5.32 Å². The van der Waals surface area contributed by atoms with Gasteiger partial charge in [0, 0.05) is 22.2 Å². The van der Waals surface area contributed by atoms with Crippen LogP contribution in [0.2, 0.25) is 0 Å². The van der Waals surface area contributed by atoms with Gasteiger partial charge in [0.15, 0.2) is 0 Å². The number of nitrogens with zero attached hydrogens (tertiary/aromatic N) is 4. The van der Waals surface area contributed by atoms with Crippen LogP contribution in [-0.4, -0.2) is 37.4 Å². The van der Waals surface area contributed by atoms with Gasteiger partial charge in [-0.25, -0.2) is 9.37 Å². The summed E-state index contributed by atoms with van der Waals surface area (Å²) in [6.45, 7) is 1.87. The Labute approximate surface area is 186 Å². The highest BCUT2D eigenvalue weighted by Gasteiger charge is 2.43. The van der Waals surface area contributed by atoms with Crippen LogP contribution in [0.25, 0.3) is 33.7 Å². The topological polar surface area (TPSA) is 123 Å². The van der Waals surface area contributed by atoms with Crippen molar-refractivity contribution in [2.24, 2.45) is 0 Å². The van der Waals surface area contributed by atoms with Gasteiger partial charge >= 0.3 is 0 Å². The minimum absolute atomic E-state index is 0.0732. The van der Waals surface area contributed by atoms with Gasteiger partial charge in [0.25, 0.3) is 5.91 Å². The first kappa shape index (κ1) is 19.4. The van der Waals surface area contributed by atoms with Gasteiger partial charge in [0.05, 0.1) is 23.8 Å². The zero-order valence-corrected chi connectivity index (χ0v) is 17.4. The quantitative estimate of drug-likeness (QED) is 0.404. The molecule has 3 heterocycles. The molecule has 1 saturated carbocycles. The van der Waals surface area contributed by atoms with Crippen molar-refractivity contribution in [3.63, 3.8) is 0 Å². The van der Waals surface area contributed by atoms with E-state index in [1.54, 1.807) is 12.3 Å². The molecule has 6 rings (SSSR count). The number of aromatic nitrogens is 5. The number of nitrogens with one attached hydrogen (secondary N) is 2. The van der Waals surface area contributed by atoms with E-state index in [-0.39, 0.29) is 11.7 Å². The average Bonchev–Trinajstić information content (AvgIpc) is 3.29. The third-order valence-corrected chi connectivity index (χ3v) is 5.63. The van der Waals surface area contributed by atoms with Crippen LogP contribution in [0, 0.1) is 6.92 Å². The normalized spacial score (nSPS) is 17.4. The van der Waals surface area contributed by atoms with Gasteiger partial charge in [-0.3, -0.25) is 9.89 Å². The summed E-state index contributed by atoms with van der Waals surface area (Å²) < 4.78 is 24.1. The lowest BCUT2D eigenvalue weighted by Gasteiger charge is -2.08. The van der Waals surface area contributed by atoms with E-state index in [9.17, 15) is 9.18 Å². The van der Waals surface area contributed by atoms with E-state index in [2.05, 4.69) is 30.6 Å². The Balaban J connectivity index is 1.22. The van der Waals surface area contributed by atoms with Crippen molar-refractivity contribution >= 4 is 22.5 Å². The number of fused-ring (bicyclic) bond motifs is 1. The van der Waals surface area contributed by atoms with E-state index in [0.29, 0.717) is 35.3 Å². The summed E-state index contributed by atoms with van der Waals surface area (Å²) in [7, 11) is 0. The van der Waals surface area contributed by atoms with Gasteiger partial charge < -0.3 is 14.3 Å². The molecule has 33 heavy (non-hydrogen) atoms. The number of carbonyl (C=O) groups excluding carboxylic acids is 1. The fourth-order valence-corrected chi connectivity index (χ4v) is 3.58. The van der Waals surface area contributed by atoms with Crippen LogP contribution >= 0.6 is 0 Å². The number of H-pyrrole nitrogens is 1.